The quantitative estimate of drug-likeness (QED) is 0.413. The number of carbonyl (C=O) groups is 1. The molecule has 4 nitrogen and oxygen atoms in total. The molecule has 0 spiro atoms. The molecule has 1 N–H and O–H groups in total. The van der Waals surface area contributed by atoms with Crippen molar-refractivity contribution in [2.45, 2.75) is 38.9 Å². The minimum Gasteiger partial charge on any atom is -0.357 e. The minimum absolute atomic E-state index is 0.249. The summed E-state index contributed by atoms with van der Waals surface area (Å²) in [4.78, 5) is 19.4. The van der Waals surface area contributed by atoms with E-state index in [9.17, 15) is 22.4 Å². The Morgan fingerprint density at radius 1 is 1.09 bits per heavy atom. The Balaban J connectivity index is 1.87. The van der Waals surface area contributed by atoms with Gasteiger partial charge in [-0.05, 0) is 62.1 Å². The van der Waals surface area contributed by atoms with Crippen LogP contribution in [0, 0.1) is 19.7 Å². The van der Waals surface area contributed by atoms with Gasteiger partial charge in [0.25, 0.3) is 0 Å². The molecule has 3 aromatic rings. The van der Waals surface area contributed by atoms with Gasteiger partial charge in [-0.15, -0.1) is 11.3 Å². The van der Waals surface area contributed by atoms with Crippen molar-refractivity contribution in [3.05, 3.63) is 81.7 Å². The maximum absolute atomic E-state index is 13.5. The molecular formula is C24H25F4N3OS. The zero-order chi connectivity index (χ0) is 24.2. The highest BCUT2D eigenvalue weighted by atomic mass is 32.1. The lowest BCUT2D eigenvalue weighted by atomic mass is 10.0. The molecule has 176 valence electrons. The van der Waals surface area contributed by atoms with Crippen molar-refractivity contribution < 1.29 is 22.4 Å². The molecule has 1 heterocycles. The second-order valence-corrected chi connectivity index (χ2v) is 8.87. The fraction of sp³-hybridized carbons (Fsp3) is 0.333. The first kappa shape index (κ1) is 24.7. The number of alkyl halides is 3. The number of nitrogens with one attached hydrogen (secondary N) is 1. The number of amides is 1. The summed E-state index contributed by atoms with van der Waals surface area (Å²) in [6.45, 7) is 4.21. The van der Waals surface area contributed by atoms with Gasteiger partial charge >= 0.3 is 6.18 Å². The first-order valence-electron chi connectivity index (χ1n) is 10.4. The summed E-state index contributed by atoms with van der Waals surface area (Å²) in [5, 5.41) is 4.37. The SMILES string of the molecule is CNC(=O)C(c1ccc(F)cc1)N(CCCc1ccc(C(F)(F)F)cc1)c1sc(C)nc1C. The van der Waals surface area contributed by atoms with Crippen LogP contribution in [0.15, 0.2) is 48.5 Å². The molecule has 0 radical (unpaired) electrons. The van der Waals surface area contributed by atoms with Gasteiger partial charge < -0.3 is 10.2 Å². The predicted molar refractivity (Wildman–Crippen MR) is 122 cm³/mol. The molecule has 0 aliphatic carbocycles. The topological polar surface area (TPSA) is 45.2 Å². The van der Waals surface area contributed by atoms with Gasteiger partial charge in [0.2, 0.25) is 5.91 Å². The van der Waals surface area contributed by atoms with Gasteiger partial charge in [0.1, 0.15) is 16.9 Å². The Morgan fingerprint density at radius 3 is 2.24 bits per heavy atom. The molecule has 0 saturated heterocycles. The Morgan fingerprint density at radius 2 is 1.73 bits per heavy atom. The van der Waals surface area contributed by atoms with E-state index in [-0.39, 0.29) is 5.91 Å². The third-order valence-corrected chi connectivity index (χ3v) is 6.39. The Hall–Kier alpha value is -2.94. The molecule has 33 heavy (non-hydrogen) atoms. The largest absolute Gasteiger partial charge is 0.416 e. The summed E-state index contributed by atoms with van der Waals surface area (Å²) in [5.74, 6) is -0.644. The Labute approximate surface area is 194 Å². The van der Waals surface area contributed by atoms with E-state index in [0.717, 1.165) is 33.4 Å². The van der Waals surface area contributed by atoms with Gasteiger partial charge in [0, 0.05) is 13.6 Å². The molecular weight excluding hydrogens is 454 g/mol. The average Bonchev–Trinajstić information content (AvgIpc) is 3.11. The van der Waals surface area contributed by atoms with Gasteiger partial charge in [-0.3, -0.25) is 4.79 Å². The molecule has 3 rings (SSSR count). The van der Waals surface area contributed by atoms with E-state index >= 15 is 0 Å². The van der Waals surface area contributed by atoms with E-state index in [1.54, 1.807) is 19.2 Å². The number of thiazole rings is 1. The number of nitrogens with zero attached hydrogens (tertiary/aromatic N) is 2. The number of carbonyl (C=O) groups excluding carboxylic acids is 1. The van der Waals surface area contributed by atoms with E-state index in [1.165, 1.54) is 35.6 Å². The highest BCUT2D eigenvalue weighted by molar-refractivity contribution is 7.15. The van der Waals surface area contributed by atoms with Crippen LogP contribution in [0.5, 0.6) is 0 Å². The fourth-order valence-electron chi connectivity index (χ4n) is 3.70. The number of likely N-dealkylation sites (N-methyl/N-ethyl adjacent to an activating group) is 1. The fourth-order valence-corrected chi connectivity index (χ4v) is 4.67. The molecule has 1 atom stereocenters. The minimum atomic E-state index is -4.37. The summed E-state index contributed by atoms with van der Waals surface area (Å²) < 4.78 is 52.0. The third-order valence-electron chi connectivity index (χ3n) is 5.28. The highest BCUT2D eigenvalue weighted by Gasteiger charge is 2.31. The summed E-state index contributed by atoms with van der Waals surface area (Å²) in [6.07, 6.45) is -3.24. The summed E-state index contributed by atoms with van der Waals surface area (Å²) >= 11 is 1.46. The van der Waals surface area contributed by atoms with Crippen molar-refractivity contribution in [2.24, 2.45) is 0 Å². The monoisotopic (exact) mass is 479 g/mol. The molecule has 0 fully saturated rings. The normalized spacial score (nSPS) is 12.5. The van der Waals surface area contributed by atoms with Crippen molar-refractivity contribution >= 4 is 22.2 Å². The van der Waals surface area contributed by atoms with E-state index in [1.807, 2.05) is 18.7 Å². The zero-order valence-corrected chi connectivity index (χ0v) is 19.4. The number of hydrogen-bond acceptors (Lipinski definition) is 4. The summed E-state index contributed by atoms with van der Waals surface area (Å²) in [5.41, 5.74) is 1.51. The maximum atomic E-state index is 13.5. The van der Waals surface area contributed by atoms with Gasteiger partial charge in [-0.1, -0.05) is 24.3 Å². The first-order valence-corrected chi connectivity index (χ1v) is 11.3. The second kappa shape index (κ2) is 10.3. The van der Waals surface area contributed by atoms with Crippen molar-refractivity contribution in [1.82, 2.24) is 10.3 Å². The molecule has 0 aliphatic heterocycles. The molecule has 0 bridgehead atoms. The summed E-state index contributed by atoms with van der Waals surface area (Å²) in [7, 11) is 1.55. The van der Waals surface area contributed by atoms with Gasteiger partial charge in [-0.2, -0.15) is 13.2 Å². The smallest absolute Gasteiger partial charge is 0.357 e. The van der Waals surface area contributed by atoms with E-state index < -0.39 is 23.6 Å². The number of anilines is 1. The summed E-state index contributed by atoms with van der Waals surface area (Å²) in [6, 6.07) is 10.2. The highest BCUT2D eigenvalue weighted by Crippen LogP contribution is 2.35. The van der Waals surface area contributed by atoms with Crippen LogP contribution < -0.4 is 10.2 Å². The zero-order valence-electron chi connectivity index (χ0n) is 18.5. The standard InChI is InChI=1S/C24H25F4N3OS/c1-15-23(33-16(2)30-15)31(21(22(32)29-3)18-8-12-20(25)13-9-18)14-4-5-17-6-10-19(11-7-17)24(26,27)28/h6-13,21H,4-5,14H2,1-3H3,(H,29,32). The number of hydrogen-bond donors (Lipinski definition) is 1. The van der Waals surface area contributed by atoms with E-state index in [0.29, 0.717) is 24.9 Å². The van der Waals surface area contributed by atoms with Crippen LogP contribution in [-0.2, 0) is 17.4 Å². The maximum Gasteiger partial charge on any atom is 0.416 e. The molecule has 9 heteroatoms. The number of benzene rings is 2. The predicted octanol–water partition coefficient (Wildman–Crippen LogP) is 5.84. The average molecular weight is 480 g/mol. The number of rotatable bonds is 8. The molecule has 1 unspecified atom stereocenters. The van der Waals surface area contributed by atoms with Crippen molar-refractivity contribution in [1.29, 1.82) is 0 Å². The van der Waals surface area contributed by atoms with Crippen molar-refractivity contribution in [3.8, 4) is 0 Å². The molecule has 1 amide bonds. The van der Waals surface area contributed by atoms with Crippen LogP contribution in [-0.4, -0.2) is 24.5 Å². The molecule has 0 saturated carbocycles. The third kappa shape index (κ3) is 6.10. The van der Waals surface area contributed by atoms with Gasteiger partial charge in [-0.25, -0.2) is 9.37 Å². The van der Waals surface area contributed by atoms with E-state index in [4.69, 9.17) is 0 Å². The van der Waals surface area contributed by atoms with Gasteiger partial charge in [0.05, 0.1) is 16.3 Å². The van der Waals surface area contributed by atoms with Gasteiger partial charge in [0.15, 0.2) is 0 Å². The Bertz CT molecular complexity index is 1080. The number of aromatic nitrogens is 1. The van der Waals surface area contributed by atoms with Crippen LogP contribution in [0.25, 0.3) is 0 Å². The lowest BCUT2D eigenvalue weighted by molar-refractivity contribution is -0.137. The Kier molecular flexibility index (Phi) is 7.73. The molecule has 1 aromatic heterocycles. The lowest BCUT2D eigenvalue weighted by Crippen LogP contribution is -2.40. The molecule has 0 aliphatic rings. The van der Waals surface area contributed by atoms with Crippen LogP contribution in [0.1, 0.15) is 39.9 Å². The first-order chi connectivity index (χ1) is 15.6. The van der Waals surface area contributed by atoms with Crippen LogP contribution >= 0.6 is 11.3 Å². The van der Waals surface area contributed by atoms with Crippen LogP contribution in [0.4, 0.5) is 22.6 Å². The van der Waals surface area contributed by atoms with Crippen LogP contribution in [0.3, 0.4) is 0 Å². The second-order valence-electron chi connectivity index (χ2n) is 7.68. The number of halogens is 4. The van der Waals surface area contributed by atoms with E-state index in [2.05, 4.69) is 10.3 Å². The lowest BCUT2D eigenvalue weighted by Gasteiger charge is -2.32. The number of aryl methyl sites for hydroxylation is 3. The van der Waals surface area contributed by atoms with Crippen LogP contribution in [0.2, 0.25) is 0 Å². The van der Waals surface area contributed by atoms with Crippen molar-refractivity contribution in [2.75, 3.05) is 18.5 Å². The van der Waals surface area contributed by atoms with Crippen molar-refractivity contribution in [3.63, 3.8) is 0 Å². The molecule has 2 aromatic carbocycles.